The van der Waals surface area contributed by atoms with E-state index in [9.17, 15) is 9.18 Å². The molecule has 0 saturated carbocycles. The minimum Gasteiger partial charge on any atom is -0.491 e. The Balaban J connectivity index is 1.81. The van der Waals surface area contributed by atoms with Crippen molar-refractivity contribution < 1.29 is 13.9 Å². The number of carbonyl (C=O) groups excluding carboxylic acids is 1. The lowest BCUT2D eigenvalue weighted by Crippen LogP contribution is -2.38. The Hall–Kier alpha value is -2.56. The van der Waals surface area contributed by atoms with E-state index in [0.717, 1.165) is 16.9 Å². The number of nitrogens with one attached hydrogen (secondary N) is 2. The molecule has 2 amide bonds. The summed E-state index contributed by atoms with van der Waals surface area (Å²) in [6, 6.07) is 13.7. The third-order valence-corrected chi connectivity index (χ3v) is 3.67. The number of carbonyl (C=O) groups is 1. The Labute approximate surface area is 148 Å². The first-order chi connectivity index (χ1) is 11.9. The predicted molar refractivity (Wildman–Crippen MR) is 97.3 cm³/mol. The third-order valence-electron chi connectivity index (χ3n) is 3.67. The van der Waals surface area contributed by atoms with E-state index in [2.05, 4.69) is 10.6 Å². The summed E-state index contributed by atoms with van der Waals surface area (Å²) in [6.45, 7) is 6.31. The van der Waals surface area contributed by atoms with Crippen LogP contribution < -0.4 is 15.4 Å². The van der Waals surface area contributed by atoms with Crippen LogP contribution in [0.2, 0.25) is 0 Å². The first-order valence-corrected chi connectivity index (χ1v) is 8.49. The maximum Gasteiger partial charge on any atom is 0.315 e. The molecule has 0 fully saturated rings. The van der Waals surface area contributed by atoms with Gasteiger partial charge in [0.25, 0.3) is 0 Å². The molecule has 2 aromatic carbocycles. The van der Waals surface area contributed by atoms with E-state index in [0.29, 0.717) is 13.0 Å². The molecule has 0 aliphatic rings. The summed E-state index contributed by atoms with van der Waals surface area (Å²) in [5.41, 5.74) is 1.82. The maximum atomic E-state index is 13.1. The van der Waals surface area contributed by atoms with Gasteiger partial charge in [0.2, 0.25) is 0 Å². The lowest BCUT2D eigenvalue weighted by molar-refractivity contribution is 0.237. The van der Waals surface area contributed by atoms with E-state index in [1.807, 2.05) is 51.1 Å². The van der Waals surface area contributed by atoms with Gasteiger partial charge in [0, 0.05) is 6.54 Å². The monoisotopic (exact) mass is 344 g/mol. The van der Waals surface area contributed by atoms with E-state index in [1.54, 1.807) is 6.07 Å². The number of ether oxygens (including phenoxy) is 1. The number of rotatable bonds is 7. The number of amides is 2. The molecule has 0 radical (unpaired) electrons. The highest BCUT2D eigenvalue weighted by Gasteiger charge is 2.10. The summed E-state index contributed by atoms with van der Waals surface area (Å²) in [4.78, 5) is 12.0. The molecule has 1 unspecified atom stereocenters. The lowest BCUT2D eigenvalue weighted by atomic mass is 10.1. The van der Waals surface area contributed by atoms with Crippen LogP contribution in [-0.2, 0) is 6.42 Å². The van der Waals surface area contributed by atoms with Crippen LogP contribution in [0.5, 0.6) is 5.75 Å². The first-order valence-electron chi connectivity index (χ1n) is 8.49. The minimum absolute atomic E-state index is 0.102. The van der Waals surface area contributed by atoms with Crippen molar-refractivity contribution in [3.05, 3.63) is 65.5 Å². The van der Waals surface area contributed by atoms with Crippen LogP contribution in [0, 0.1) is 5.82 Å². The molecule has 0 saturated heterocycles. The van der Waals surface area contributed by atoms with Crippen LogP contribution >= 0.6 is 0 Å². The highest BCUT2D eigenvalue weighted by atomic mass is 19.1. The quantitative estimate of drug-likeness (QED) is 0.790. The van der Waals surface area contributed by atoms with Crippen molar-refractivity contribution >= 4 is 6.03 Å². The van der Waals surface area contributed by atoms with E-state index < -0.39 is 0 Å². The Bertz CT molecular complexity index is 704. The van der Waals surface area contributed by atoms with Gasteiger partial charge in [0.15, 0.2) is 0 Å². The van der Waals surface area contributed by atoms with Crippen LogP contribution in [0.25, 0.3) is 0 Å². The van der Waals surface area contributed by atoms with Crippen LogP contribution in [0.3, 0.4) is 0 Å². The van der Waals surface area contributed by atoms with Gasteiger partial charge in [-0.1, -0.05) is 24.3 Å². The highest BCUT2D eigenvalue weighted by molar-refractivity contribution is 5.74. The molecule has 25 heavy (non-hydrogen) atoms. The molecule has 4 nitrogen and oxygen atoms in total. The van der Waals surface area contributed by atoms with Gasteiger partial charge in [-0.15, -0.1) is 0 Å². The molecule has 134 valence electrons. The zero-order chi connectivity index (χ0) is 18.2. The average Bonchev–Trinajstić information content (AvgIpc) is 2.54. The van der Waals surface area contributed by atoms with E-state index in [-0.39, 0.29) is 24.0 Å². The molecule has 0 heterocycles. The standard InChI is InChI=1S/C20H25FN2O2/c1-14(2)25-19-9-5-7-17(13-19)15(3)23-20(24)22-11-10-16-6-4-8-18(21)12-16/h4-9,12-15H,10-11H2,1-3H3,(H2,22,23,24). The molecule has 0 spiro atoms. The van der Waals surface area contributed by atoms with Gasteiger partial charge in [-0.3, -0.25) is 0 Å². The van der Waals surface area contributed by atoms with Gasteiger partial charge in [-0.2, -0.15) is 0 Å². The smallest absolute Gasteiger partial charge is 0.315 e. The van der Waals surface area contributed by atoms with Gasteiger partial charge in [0.1, 0.15) is 11.6 Å². The van der Waals surface area contributed by atoms with E-state index in [1.165, 1.54) is 12.1 Å². The van der Waals surface area contributed by atoms with Crippen molar-refractivity contribution in [2.45, 2.75) is 39.3 Å². The van der Waals surface area contributed by atoms with Gasteiger partial charge in [-0.25, -0.2) is 9.18 Å². The molecule has 0 bridgehead atoms. The molecule has 2 aromatic rings. The molecule has 2 rings (SSSR count). The molecule has 2 N–H and O–H groups in total. The van der Waals surface area contributed by atoms with Crippen LogP contribution in [0.4, 0.5) is 9.18 Å². The van der Waals surface area contributed by atoms with Gasteiger partial charge >= 0.3 is 6.03 Å². The molecular formula is C20H25FN2O2. The summed E-state index contributed by atoms with van der Waals surface area (Å²) in [5, 5.41) is 5.69. The highest BCUT2D eigenvalue weighted by Crippen LogP contribution is 2.20. The third kappa shape index (κ3) is 6.45. The Morgan fingerprint density at radius 2 is 1.88 bits per heavy atom. The van der Waals surface area contributed by atoms with Crippen molar-refractivity contribution in [1.82, 2.24) is 10.6 Å². The van der Waals surface area contributed by atoms with E-state index >= 15 is 0 Å². The topological polar surface area (TPSA) is 50.4 Å². The van der Waals surface area contributed by atoms with E-state index in [4.69, 9.17) is 4.74 Å². The SMILES string of the molecule is CC(C)Oc1cccc(C(C)NC(=O)NCCc2cccc(F)c2)c1. The van der Waals surface area contributed by atoms with Gasteiger partial charge in [0.05, 0.1) is 12.1 Å². The summed E-state index contributed by atoms with van der Waals surface area (Å²) < 4.78 is 18.8. The number of hydrogen-bond donors (Lipinski definition) is 2. The van der Waals surface area contributed by atoms with Gasteiger partial charge < -0.3 is 15.4 Å². The van der Waals surface area contributed by atoms with Crippen molar-refractivity contribution in [1.29, 1.82) is 0 Å². The predicted octanol–water partition coefficient (Wildman–Crippen LogP) is 4.22. The summed E-state index contributed by atoms with van der Waals surface area (Å²) in [5.74, 6) is 0.520. The van der Waals surface area contributed by atoms with Crippen molar-refractivity contribution in [3.8, 4) is 5.75 Å². The van der Waals surface area contributed by atoms with Crippen molar-refractivity contribution in [2.75, 3.05) is 6.54 Å². The number of halogens is 1. The largest absolute Gasteiger partial charge is 0.491 e. The lowest BCUT2D eigenvalue weighted by Gasteiger charge is -2.17. The number of hydrogen-bond acceptors (Lipinski definition) is 2. The second-order valence-electron chi connectivity index (χ2n) is 6.24. The number of benzene rings is 2. The molecule has 0 aromatic heterocycles. The molecule has 0 aliphatic carbocycles. The Morgan fingerprint density at radius 3 is 2.60 bits per heavy atom. The van der Waals surface area contributed by atoms with Crippen LogP contribution in [-0.4, -0.2) is 18.7 Å². The number of urea groups is 1. The molecular weight excluding hydrogens is 319 g/mol. The summed E-state index contributed by atoms with van der Waals surface area (Å²) in [7, 11) is 0. The summed E-state index contributed by atoms with van der Waals surface area (Å²) >= 11 is 0. The fraction of sp³-hybridized carbons (Fsp3) is 0.350. The van der Waals surface area contributed by atoms with Gasteiger partial charge in [-0.05, 0) is 62.6 Å². The fourth-order valence-corrected chi connectivity index (χ4v) is 2.47. The van der Waals surface area contributed by atoms with Crippen molar-refractivity contribution in [3.63, 3.8) is 0 Å². The molecule has 1 atom stereocenters. The second kappa shape index (κ2) is 9.06. The van der Waals surface area contributed by atoms with Crippen LogP contribution in [0.1, 0.15) is 37.9 Å². The Morgan fingerprint density at radius 1 is 1.12 bits per heavy atom. The fourth-order valence-electron chi connectivity index (χ4n) is 2.47. The minimum atomic E-state index is -0.265. The zero-order valence-corrected chi connectivity index (χ0v) is 14.9. The molecule has 5 heteroatoms. The Kier molecular flexibility index (Phi) is 6.81. The maximum absolute atomic E-state index is 13.1. The zero-order valence-electron chi connectivity index (χ0n) is 14.9. The average molecular weight is 344 g/mol. The molecule has 0 aliphatic heterocycles. The van der Waals surface area contributed by atoms with Crippen molar-refractivity contribution in [2.24, 2.45) is 0 Å². The first kappa shape index (κ1) is 18.8. The van der Waals surface area contributed by atoms with Crippen LogP contribution in [0.15, 0.2) is 48.5 Å². The second-order valence-corrected chi connectivity index (χ2v) is 6.24. The normalized spacial score (nSPS) is 11.9. The summed E-state index contributed by atoms with van der Waals surface area (Å²) in [6.07, 6.45) is 0.682.